The second kappa shape index (κ2) is 14.0. The topological polar surface area (TPSA) is 132 Å². The van der Waals surface area contributed by atoms with E-state index in [4.69, 9.17) is 16.3 Å². The summed E-state index contributed by atoms with van der Waals surface area (Å²) in [6.07, 6.45) is -1.16. The number of aromatic nitrogens is 1. The molecule has 0 aliphatic carbocycles. The van der Waals surface area contributed by atoms with Gasteiger partial charge < -0.3 is 31.6 Å². The fourth-order valence-electron chi connectivity index (χ4n) is 2.21. The van der Waals surface area contributed by atoms with Gasteiger partial charge in [0.15, 0.2) is 12.5 Å². The minimum atomic E-state index is -4.35. The smallest absolute Gasteiger partial charge is 0.340 e. The maximum Gasteiger partial charge on any atom is 0.340 e. The van der Waals surface area contributed by atoms with Crippen molar-refractivity contribution in [3.63, 3.8) is 0 Å². The van der Waals surface area contributed by atoms with Crippen LogP contribution in [-0.2, 0) is 14.3 Å². The van der Waals surface area contributed by atoms with Crippen molar-refractivity contribution in [1.82, 2.24) is 10.3 Å². The zero-order chi connectivity index (χ0) is 25.8. The van der Waals surface area contributed by atoms with Gasteiger partial charge in [0.1, 0.15) is 12.6 Å². The molecule has 0 saturated heterocycles. The van der Waals surface area contributed by atoms with Gasteiger partial charge in [0, 0.05) is 21.2 Å². The number of nitrogens with two attached hydrogens (primary N) is 2. The molecule has 1 amide bonds. The maximum atomic E-state index is 12.9. The van der Waals surface area contributed by atoms with Crippen LogP contribution in [0.5, 0.6) is 0 Å². The van der Waals surface area contributed by atoms with E-state index >= 15 is 0 Å². The number of ether oxygens (including phenoxy) is 1. The van der Waals surface area contributed by atoms with Gasteiger partial charge in [0.2, 0.25) is 0 Å². The van der Waals surface area contributed by atoms with Gasteiger partial charge in [-0.25, -0.2) is 13.8 Å². The van der Waals surface area contributed by atoms with Crippen molar-refractivity contribution in [1.29, 1.82) is 0 Å². The van der Waals surface area contributed by atoms with Crippen molar-refractivity contribution in [3.05, 3.63) is 47.1 Å². The predicted molar refractivity (Wildman–Crippen MR) is 122 cm³/mol. The van der Waals surface area contributed by atoms with Crippen molar-refractivity contribution in [3.8, 4) is 0 Å². The van der Waals surface area contributed by atoms with E-state index in [2.05, 4.69) is 34.2 Å². The number of nitrogens with zero attached hydrogens (tertiary/aromatic N) is 1. The Morgan fingerprint density at radius 3 is 2.45 bits per heavy atom. The highest BCUT2D eigenvalue weighted by atomic mass is 19.3. The van der Waals surface area contributed by atoms with Crippen LogP contribution in [0.4, 0.5) is 23.4 Å². The molecule has 0 fully saturated rings. The maximum absolute atomic E-state index is 12.9. The summed E-state index contributed by atoms with van der Waals surface area (Å²) >= 11 is 0. The Bertz CT molecular complexity index is 843. The van der Waals surface area contributed by atoms with Crippen LogP contribution in [0.15, 0.2) is 41.6 Å². The third-order valence-electron chi connectivity index (χ3n) is 4.09. The van der Waals surface area contributed by atoms with Gasteiger partial charge in [-0.2, -0.15) is 8.78 Å². The quantitative estimate of drug-likeness (QED) is 0.164. The highest BCUT2D eigenvalue weighted by Crippen LogP contribution is 2.24. The Kier molecular flexibility index (Phi) is 12.6. The zero-order valence-electron chi connectivity index (χ0n) is 19.0. The fourth-order valence-corrected chi connectivity index (χ4v) is 2.21. The van der Waals surface area contributed by atoms with Crippen molar-refractivity contribution < 1.29 is 34.7 Å². The third kappa shape index (κ3) is 10.7. The Morgan fingerprint density at radius 2 is 1.91 bits per heavy atom. The van der Waals surface area contributed by atoms with Gasteiger partial charge in [0.25, 0.3) is 5.91 Å². The summed E-state index contributed by atoms with van der Waals surface area (Å²) < 4.78 is 54.7. The number of pyridine rings is 1. The molecule has 6 N–H and O–H groups in total. The van der Waals surface area contributed by atoms with Crippen LogP contribution in [-0.4, -0.2) is 43.2 Å². The Labute approximate surface area is 193 Å². The van der Waals surface area contributed by atoms with Gasteiger partial charge in [-0.1, -0.05) is 13.8 Å². The van der Waals surface area contributed by atoms with Gasteiger partial charge in [-0.05, 0) is 43.5 Å². The molecule has 0 aliphatic heterocycles. The zero-order valence-corrected chi connectivity index (χ0v) is 19.0. The van der Waals surface area contributed by atoms with Crippen LogP contribution in [0.25, 0.3) is 0 Å². The van der Waals surface area contributed by atoms with Crippen LogP contribution in [0.3, 0.4) is 0 Å². The lowest BCUT2D eigenvalue weighted by molar-refractivity contribution is -0.158. The van der Waals surface area contributed by atoms with Crippen LogP contribution in [0.2, 0.25) is 0 Å². The number of amides is 1. The first-order valence-corrected chi connectivity index (χ1v) is 9.85. The normalized spacial score (nSPS) is 13.6. The lowest BCUT2D eigenvalue weighted by Crippen LogP contribution is -2.33. The van der Waals surface area contributed by atoms with Crippen molar-refractivity contribution in [2.75, 3.05) is 18.5 Å². The standard InChI is InChI=1S/C20H29F4N5O2.CH2O.2H2/c1-11(2)9-28-16-8-14(5-6-27-16)13(4)29-18(30)15(25)7-12(3)17(26)31-10-20(23,24)19(21)22;1-2;;/h5-8,11,13,19H,9-10,25-26H2,1-4H3,(H,27,28)(H,29,30);1H2;2*1H/b15-7-,17-12+;;;. The molecule has 190 valence electrons. The van der Waals surface area contributed by atoms with Gasteiger partial charge in [0.05, 0.1) is 11.7 Å². The summed E-state index contributed by atoms with van der Waals surface area (Å²) in [5.74, 6) is -4.42. The molecule has 0 spiro atoms. The second-order valence-corrected chi connectivity index (χ2v) is 7.44. The van der Waals surface area contributed by atoms with E-state index in [1.54, 1.807) is 25.3 Å². The monoisotopic (exact) mass is 481 g/mol. The first-order chi connectivity index (χ1) is 15.3. The summed E-state index contributed by atoms with van der Waals surface area (Å²) in [6, 6.07) is 3.13. The van der Waals surface area contributed by atoms with E-state index in [9.17, 15) is 22.4 Å². The first-order valence-electron chi connectivity index (χ1n) is 9.85. The molecule has 0 saturated carbocycles. The molecule has 0 aliphatic rings. The molecule has 1 atom stereocenters. The summed E-state index contributed by atoms with van der Waals surface area (Å²) in [4.78, 5) is 24.6. The number of allylic oxidation sites excluding steroid dienone is 2. The Morgan fingerprint density at radius 1 is 1.30 bits per heavy atom. The molecular formula is C21H35F4N5O3. The van der Waals surface area contributed by atoms with E-state index in [0.29, 0.717) is 11.7 Å². The fraction of sp³-hybridized carbons (Fsp3) is 0.476. The molecule has 12 heteroatoms. The molecule has 0 aromatic carbocycles. The van der Waals surface area contributed by atoms with E-state index in [1.165, 1.54) is 6.92 Å². The second-order valence-electron chi connectivity index (χ2n) is 7.44. The SMILES string of the molecule is C=O.CC(/C=C(\N)C(=O)NC(C)c1ccnc(NCC(C)C)c1)=C(/N)OCC(F)(F)C(F)F.[HH].[HH]. The molecule has 0 bridgehead atoms. The largest absolute Gasteiger partial charge is 0.473 e. The molecular weight excluding hydrogens is 446 g/mol. The number of hydrogen-bond acceptors (Lipinski definition) is 7. The van der Waals surface area contributed by atoms with Gasteiger partial charge in [-0.3, -0.25) is 4.79 Å². The minimum Gasteiger partial charge on any atom is -0.473 e. The Balaban J connectivity index is -0.00000249. The number of nitrogens with one attached hydrogen (secondary N) is 2. The first kappa shape index (κ1) is 29.7. The van der Waals surface area contributed by atoms with Gasteiger partial charge in [-0.15, -0.1) is 0 Å². The van der Waals surface area contributed by atoms with Crippen molar-refractivity contribution in [2.24, 2.45) is 17.4 Å². The number of carbonyl (C=O) groups is 2. The van der Waals surface area contributed by atoms with Crippen LogP contribution < -0.4 is 22.1 Å². The highest BCUT2D eigenvalue weighted by molar-refractivity contribution is 5.93. The summed E-state index contributed by atoms with van der Waals surface area (Å²) in [7, 11) is 0. The van der Waals surface area contributed by atoms with E-state index < -0.39 is 36.8 Å². The number of halogens is 4. The number of anilines is 1. The van der Waals surface area contributed by atoms with E-state index in [0.717, 1.165) is 18.2 Å². The average Bonchev–Trinajstić information content (AvgIpc) is 2.77. The number of rotatable bonds is 11. The van der Waals surface area contributed by atoms with Gasteiger partial charge >= 0.3 is 12.3 Å². The molecule has 0 radical (unpaired) electrons. The lowest BCUT2D eigenvalue weighted by atomic mass is 10.1. The van der Waals surface area contributed by atoms with E-state index in [-0.39, 0.29) is 14.1 Å². The number of hydrogen-bond donors (Lipinski definition) is 4. The molecule has 1 aromatic rings. The average molecular weight is 482 g/mol. The molecule has 1 heterocycles. The minimum absolute atomic E-state index is 0. The summed E-state index contributed by atoms with van der Waals surface area (Å²) in [5, 5.41) is 5.88. The van der Waals surface area contributed by atoms with Crippen LogP contribution in [0.1, 0.15) is 42.2 Å². The van der Waals surface area contributed by atoms with Crippen molar-refractivity contribution >= 4 is 18.5 Å². The molecule has 1 unspecified atom stereocenters. The van der Waals surface area contributed by atoms with E-state index in [1.807, 2.05) is 6.79 Å². The summed E-state index contributed by atoms with van der Waals surface area (Å²) in [6.45, 7) is 8.36. The molecule has 8 nitrogen and oxygen atoms in total. The van der Waals surface area contributed by atoms with Crippen molar-refractivity contribution in [2.45, 2.75) is 46.1 Å². The number of carbonyl (C=O) groups excluding carboxylic acids is 2. The molecule has 33 heavy (non-hydrogen) atoms. The lowest BCUT2D eigenvalue weighted by Gasteiger charge is -2.17. The van der Waals surface area contributed by atoms with Crippen LogP contribution >= 0.6 is 0 Å². The van der Waals surface area contributed by atoms with Crippen LogP contribution in [0, 0.1) is 5.92 Å². The molecule has 1 aromatic heterocycles. The highest BCUT2D eigenvalue weighted by Gasteiger charge is 2.41. The third-order valence-corrected chi connectivity index (χ3v) is 4.09. The summed E-state index contributed by atoms with van der Waals surface area (Å²) in [5.41, 5.74) is 11.8. The Hall–Kier alpha value is -3.31. The predicted octanol–water partition coefficient (Wildman–Crippen LogP) is 3.58. The molecule has 1 rings (SSSR count). The number of alkyl halides is 4.